The molecule has 75 heavy (non-hydrogen) atoms. The van der Waals surface area contributed by atoms with Gasteiger partial charge in [-0.1, -0.05) is 53.2 Å². The Kier molecular flexibility index (Phi) is 16.3. The smallest absolute Gasteiger partial charge is 0.315 e. The van der Waals surface area contributed by atoms with Gasteiger partial charge in [-0.15, -0.1) is 0 Å². The molecule has 0 aromatic heterocycles. The van der Waals surface area contributed by atoms with Gasteiger partial charge < -0.3 is 104 Å². The lowest BCUT2D eigenvalue weighted by Gasteiger charge is -2.71. The molecule has 9 aliphatic rings. The van der Waals surface area contributed by atoms with Crippen LogP contribution in [0.3, 0.4) is 0 Å². The highest BCUT2D eigenvalue weighted by Crippen LogP contribution is 2.76. The van der Waals surface area contributed by atoms with Crippen LogP contribution < -0.4 is 0 Å². The summed E-state index contributed by atoms with van der Waals surface area (Å²) in [5, 5.41) is 139. The molecule has 0 amide bonds. The fourth-order valence-electron chi connectivity index (χ4n) is 16.1. The Morgan fingerprint density at radius 3 is 1.97 bits per heavy atom. The summed E-state index contributed by atoms with van der Waals surface area (Å²) in [7, 11) is 0. The number of allylic oxidation sites excluding steroid dienone is 2. The lowest BCUT2D eigenvalue weighted by molar-refractivity contribution is -0.361. The van der Waals surface area contributed by atoms with Crippen molar-refractivity contribution >= 4 is 5.97 Å². The van der Waals surface area contributed by atoms with Crippen LogP contribution in [-0.2, 0) is 42.7 Å². The quantitative estimate of drug-likeness (QED) is 0.0643. The summed E-state index contributed by atoms with van der Waals surface area (Å²) in [6.07, 6.45) is -21.1. The Hall–Kier alpha value is -1.59. The third kappa shape index (κ3) is 9.50. The summed E-state index contributed by atoms with van der Waals surface area (Å²) in [6.45, 7) is 13.2. The van der Waals surface area contributed by atoms with Crippen LogP contribution in [0.4, 0.5) is 0 Å². The number of carbonyl (C=O) groups is 1. The van der Waals surface area contributed by atoms with Crippen molar-refractivity contribution in [3.05, 3.63) is 11.6 Å². The van der Waals surface area contributed by atoms with Crippen molar-refractivity contribution in [3.8, 4) is 0 Å². The normalized spacial score (nSPS) is 54.8. The van der Waals surface area contributed by atoms with Crippen molar-refractivity contribution in [1.29, 1.82) is 0 Å². The van der Waals surface area contributed by atoms with E-state index < -0.39 is 153 Å². The van der Waals surface area contributed by atoms with Crippen LogP contribution in [-0.4, -0.2) is 222 Å². The highest BCUT2D eigenvalue weighted by atomic mass is 16.8. The van der Waals surface area contributed by atoms with Crippen LogP contribution in [0.25, 0.3) is 0 Å². The lowest BCUT2D eigenvalue weighted by Crippen LogP contribution is -2.67. The second-order valence-corrected chi connectivity index (χ2v) is 25.7. The molecule has 22 nitrogen and oxygen atoms in total. The van der Waals surface area contributed by atoms with Crippen LogP contribution in [0.1, 0.15) is 113 Å². The van der Waals surface area contributed by atoms with E-state index in [1.807, 2.05) is 6.92 Å². The van der Waals surface area contributed by atoms with Gasteiger partial charge in [0.1, 0.15) is 85.5 Å². The molecule has 0 aromatic carbocycles. The predicted molar refractivity (Wildman–Crippen MR) is 257 cm³/mol. The van der Waals surface area contributed by atoms with E-state index in [-0.39, 0.29) is 52.6 Å². The second kappa shape index (κ2) is 21.1. The van der Waals surface area contributed by atoms with Crippen LogP contribution in [0.5, 0.6) is 0 Å². The summed E-state index contributed by atoms with van der Waals surface area (Å²) >= 11 is 0. The molecule has 4 aliphatic heterocycles. The topological polar surface area (TPSA) is 354 Å². The van der Waals surface area contributed by atoms with Crippen LogP contribution in [0.15, 0.2) is 11.6 Å². The molecule has 0 aromatic rings. The minimum absolute atomic E-state index is 0.0319. The molecule has 5 aliphatic carbocycles. The molecule has 0 bridgehead atoms. The van der Waals surface area contributed by atoms with Gasteiger partial charge in [0.2, 0.25) is 6.29 Å². The highest BCUT2D eigenvalue weighted by Gasteiger charge is 2.70. The van der Waals surface area contributed by atoms with Crippen LogP contribution >= 0.6 is 0 Å². The standard InChI is InChI=1S/C53H86O22/c1-23-32(57)35(60)39(64)45(70-23)74-42-27(19-54)71-43(41(66)37(42)62)69-21-28-34(59)36(61)40(65)46(72-28)75-47(67)53-16-14-48(2,3)18-25(53)24-8-9-30-49(4)12-11-31(73-44-38(63)33(58)26(56)20-68-44)50(5,22-55)29(49)10-13-52(30,7)51(24,6)15-17-53/h8,23,25-46,54-66H,9-22H2,1-7H3/t23-,25-,26-,27-,28-,29-,30-,31-,32-,33+,34-,35+,36+,37-,38-,39-,40-,41-,42-,43-,44+,45+,46+,49+,50-,51-,52-,53-/m0/s1. The highest BCUT2D eigenvalue weighted by molar-refractivity contribution is 5.79. The first-order valence-electron chi connectivity index (χ1n) is 27.3. The minimum Gasteiger partial charge on any atom is -0.432 e. The first kappa shape index (κ1) is 58.1. The summed E-state index contributed by atoms with van der Waals surface area (Å²) in [5.41, 5.74) is -1.46. The van der Waals surface area contributed by atoms with E-state index >= 15 is 4.79 Å². The van der Waals surface area contributed by atoms with Crippen molar-refractivity contribution in [3.63, 3.8) is 0 Å². The second-order valence-electron chi connectivity index (χ2n) is 25.7. The number of esters is 1. The average Bonchev–Trinajstić information content (AvgIpc) is 3.37. The zero-order chi connectivity index (χ0) is 54.7. The van der Waals surface area contributed by atoms with Gasteiger partial charge in [-0.05, 0) is 111 Å². The number of aliphatic hydroxyl groups is 13. The molecule has 0 radical (unpaired) electrons. The molecule has 0 unspecified atom stereocenters. The largest absolute Gasteiger partial charge is 0.432 e. The monoisotopic (exact) mass is 1070 g/mol. The van der Waals surface area contributed by atoms with E-state index in [2.05, 4.69) is 40.7 Å². The Morgan fingerprint density at radius 1 is 0.640 bits per heavy atom. The fraction of sp³-hybridized carbons (Fsp3) is 0.943. The van der Waals surface area contributed by atoms with E-state index in [9.17, 15) is 66.4 Å². The van der Waals surface area contributed by atoms with Gasteiger partial charge in [0, 0.05) is 5.41 Å². The molecule has 4 saturated heterocycles. The number of aliphatic hydroxyl groups excluding tert-OH is 13. The van der Waals surface area contributed by atoms with Crippen LogP contribution in [0, 0.1) is 50.2 Å². The zero-order valence-electron chi connectivity index (χ0n) is 44.2. The molecular weight excluding hydrogens is 989 g/mol. The maximum atomic E-state index is 15.1. The molecule has 9 rings (SSSR count). The number of fused-ring (bicyclic) bond motifs is 7. The zero-order valence-corrected chi connectivity index (χ0v) is 44.2. The number of rotatable bonds is 11. The van der Waals surface area contributed by atoms with Crippen LogP contribution in [0.2, 0.25) is 0 Å². The van der Waals surface area contributed by atoms with Crippen molar-refractivity contribution in [1.82, 2.24) is 0 Å². The molecule has 22 heteroatoms. The Labute approximate surface area is 437 Å². The maximum absolute atomic E-state index is 15.1. The Balaban J connectivity index is 0.898. The third-order valence-corrected chi connectivity index (χ3v) is 21.1. The first-order valence-corrected chi connectivity index (χ1v) is 27.3. The van der Waals surface area contributed by atoms with Crippen molar-refractivity contribution in [2.75, 3.05) is 26.4 Å². The SMILES string of the molecule is C[C@@H]1O[C@H](O[C@@H]2[C@@H](O)[C@H](O)[C@@H](OC[C@@H]3O[C@H](OC(=O)[C@]45CCC(C)(C)C[C@H]4C4=CC[C@H]6[C@]7(C)CC[C@H](O[C@H]8OC[C@H](O)[C@@H](O)[C@@H]8O)[C@@](C)(CO)[C@H]7CC[C@]6(C)[C@@]4(C)CC5)[C@@H](O)[C@H](O)[C@H]3O)O[C@H]2CO)[C@@H](O)[C@H](O)[C@H]1O. The predicted octanol–water partition coefficient (Wildman–Crippen LogP) is -1.40. The Morgan fingerprint density at radius 2 is 1.28 bits per heavy atom. The molecule has 0 spiro atoms. The summed E-state index contributed by atoms with van der Waals surface area (Å²) in [6, 6.07) is 0. The summed E-state index contributed by atoms with van der Waals surface area (Å²) in [4.78, 5) is 15.1. The van der Waals surface area contributed by atoms with E-state index in [1.165, 1.54) is 12.5 Å². The minimum atomic E-state index is -1.87. The van der Waals surface area contributed by atoms with Gasteiger partial charge in [-0.2, -0.15) is 0 Å². The third-order valence-electron chi connectivity index (χ3n) is 21.1. The number of hydrogen-bond acceptors (Lipinski definition) is 22. The molecule has 8 fully saturated rings. The molecule has 13 N–H and O–H groups in total. The molecule has 28 atom stereocenters. The molecule has 430 valence electrons. The maximum Gasteiger partial charge on any atom is 0.315 e. The first-order chi connectivity index (χ1) is 35.1. The summed E-state index contributed by atoms with van der Waals surface area (Å²) in [5.74, 6) is -0.615. The summed E-state index contributed by atoms with van der Waals surface area (Å²) < 4.78 is 47.0. The van der Waals surface area contributed by atoms with E-state index in [0.29, 0.717) is 38.5 Å². The fourth-order valence-corrected chi connectivity index (χ4v) is 16.1. The van der Waals surface area contributed by atoms with Gasteiger partial charge in [0.25, 0.3) is 0 Å². The average molecular weight is 1080 g/mol. The van der Waals surface area contributed by atoms with Crippen molar-refractivity contribution in [2.45, 2.75) is 235 Å². The van der Waals surface area contributed by atoms with E-state index in [1.54, 1.807) is 0 Å². The van der Waals surface area contributed by atoms with Crippen molar-refractivity contribution in [2.24, 2.45) is 50.2 Å². The molecule has 4 saturated carbocycles. The van der Waals surface area contributed by atoms with E-state index in [4.69, 9.17) is 37.9 Å². The number of ether oxygens (including phenoxy) is 8. The lowest BCUT2D eigenvalue weighted by atomic mass is 9.33. The van der Waals surface area contributed by atoms with Crippen molar-refractivity contribution < 1.29 is 109 Å². The molecular formula is C53H86O22. The van der Waals surface area contributed by atoms with Gasteiger partial charge in [-0.25, -0.2) is 0 Å². The number of carbonyl (C=O) groups excluding carboxylic acids is 1. The van der Waals surface area contributed by atoms with Gasteiger partial charge >= 0.3 is 5.97 Å². The number of hydrogen-bond donors (Lipinski definition) is 13. The molecule has 4 heterocycles. The van der Waals surface area contributed by atoms with Gasteiger partial charge in [0.15, 0.2) is 18.9 Å². The Bertz CT molecular complexity index is 2060. The van der Waals surface area contributed by atoms with Gasteiger partial charge in [-0.3, -0.25) is 4.79 Å². The van der Waals surface area contributed by atoms with E-state index in [0.717, 1.165) is 25.7 Å². The van der Waals surface area contributed by atoms with Gasteiger partial charge in [0.05, 0.1) is 44.1 Å².